The van der Waals surface area contributed by atoms with E-state index in [1.54, 1.807) is 28.7 Å². The lowest BCUT2D eigenvalue weighted by atomic mass is 10.2. The fourth-order valence-corrected chi connectivity index (χ4v) is 4.70. The summed E-state index contributed by atoms with van der Waals surface area (Å²) in [6.07, 6.45) is 0. The highest BCUT2D eigenvalue weighted by molar-refractivity contribution is 7.91. The van der Waals surface area contributed by atoms with E-state index in [0.29, 0.717) is 4.96 Å². The first kappa shape index (κ1) is 13.4. The Hall–Kier alpha value is -2.25. The van der Waals surface area contributed by atoms with Crippen molar-refractivity contribution in [1.29, 1.82) is 0 Å². The second-order valence-corrected chi connectivity index (χ2v) is 7.57. The van der Waals surface area contributed by atoms with Gasteiger partial charge in [-0.25, -0.2) is 13.4 Å². The molecule has 0 saturated heterocycles. The summed E-state index contributed by atoms with van der Waals surface area (Å²) in [5, 5.41) is 0.0186. The molecule has 0 atom stereocenters. The van der Waals surface area contributed by atoms with Crippen LogP contribution >= 0.6 is 11.5 Å². The Morgan fingerprint density at radius 3 is 2.55 bits per heavy atom. The van der Waals surface area contributed by atoms with Crippen LogP contribution in [0.3, 0.4) is 0 Å². The van der Waals surface area contributed by atoms with Gasteiger partial charge in [0.25, 0.3) is 5.16 Å². The number of nitrogens with zero attached hydrogens (tertiary/aromatic N) is 3. The van der Waals surface area contributed by atoms with Gasteiger partial charge < -0.3 is 0 Å². The highest BCUT2D eigenvalue weighted by Gasteiger charge is 2.25. The number of aromatic nitrogens is 3. The van der Waals surface area contributed by atoms with Crippen LogP contribution in [-0.4, -0.2) is 22.2 Å². The van der Waals surface area contributed by atoms with Crippen molar-refractivity contribution in [2.45, 2.75) is 17.0 Å². The van der Waals surface area contributed by atoms with Crippen LogP contribution in [0.5, 0.6) is 0 Å². The topological polar surface area (TPSA) is 64.3 Å². The smallest absolute Gasteiger partial charge is 0.250 e. The summed E-state index contributed by atoms with van der Waals surface area (Å²) in [5.74, 6) is 0. The van der Waals surface area contributed by atoms with Crippen LogP contribution in [-0.2, 0) is 9.84 Å². The van der Waals surface area contributed by atoms with Gasteiger partial charge in [-0.15, -0.1) is 0 Å². The Labute approximate surface area is 130 Å². The summed E-state index contributed by atoms with van der Waals surface area (Å²) >= 11 is 1.09. The van der Waals surface area contributed by atoms with Gasteiger partial charge in [-0.1, -0.05) is 29.8 Å². The zero-order valence-corrected chi connectivity index (χ0v) is 13.2. The SMILES string of the molecule is Cc1ccc(S(=O)(=O)c2nsc3nc4ccccc4n23)cc1. The van der Waals surface area contributed by atoms with Crippen molar-refractivity contribution in [2.24, 2.45) is 0 Å². The van der Waals surface area contributed by atoms with Crippen molar-refractivity contribution in [3.63, 3.8) is 0 Å². The van der Waals surface area contributed by atoms with Gasteiger partial charge in [0.2, 0.25) is 14.8 Å². The maximum atomic E-state index is 12.9. The van der Waals surface area contributed by atoms with Gasteiger partial charge in [-0.2, -0.15) is 4.37 Å². The third kappa shape index (κ3) is 1.86. The van der Waals surface area contributed by atoms with E-state index >= 15 is 0 Å². The Bertz CT molecular complexity index is 1090. The van der Waals surface area contributed by atoms with Crippen LogP contribution < -0.4 is 0 Å². The van der Waals surface area contributed by atoms with Crippen molar-refractivity contribution in [3.05, 3.63) is 54.1 Å². The van der Waals surface area contributed by atoms with E-state index in [1.807, 2.05) is 31.2 Å². The Kier molecular flexibility index (Phi) is 2.82. The average molecular weight is 329 g/mol. The molecule has 0 N–H and O–H groups in total. The van der Waals surface area contributed by atoms with Crippen molar-refractivity contribution in [1.82, 2.24) is 13.8 Å². The molecule has 0 aliphatic rings. The molecule has 0 radical (unpaired) electrons. The Balaban J connectivity index is 2.02. The minimum absolute atomic E-state index is 0.0186. The number of aryl methyl sites for hydroxylation is 1. The molecule has 4 aromatic rings. The molecule has 4 rings (SSSR count). The number of sulfone groups is 1. The van der Waals surface area contributed by atoms with Gasteiger partial charge in [0.15, 0.2) is 0 Å². The summed E-state index contributed by atoms with van der Waals surface area (Å²) in [5.41, 5.74) is 2.52. The van der Waals surface area contributed by atoms with E-state index in [-0.39, 0.29) is 10.1 Å². The quantitative estimate of drug-likeness (QED) is 0.567. The number of hydrogen-bond acceptors (Lipinski definition) is 5. The number of fused-ring (bicyclic) bond motifs is 3. The molecular formula is C15H11N3O2S2. The lowest BCUT2D eigenvalue weighted by molar-refractivity contribution is 0.588. The standard InChI is InChI=1S/C15H11N3O2S2/c1-10-6-8-11(9-7-10)22(19,20)15-17-21-14-16-12-4-2-3-5-13(12)18(14)15/h2-9H,1H3. The molecule has 0 bridgehead atoms. The summed E-state index contributed by atoms with van der Waals surface area (Å²) in [6, 6.07) is 14.2. The number of hydrogen-bond donors (Lipinski definition) is 0. The molecule has 0 fully saturated rings. The first-order chi connectivity index (χ1) is 10.6. The summed E-state index contributed by atoms with van der Waals surface area (Å²) in [6.45, 7) is 1.92. The van der Waals surface area contributed by atoms with E-state index in [1.165, 1.54) is 0 Å². The van der Waals surface area contributed by atoms with Crippen molar-refractivity contribution in [3.8, 4) is 0 Å². The van der Waals surface area contributed by atoms with Crippen molar-refractivity contribution >= 4 is 37.4 Å². The van der Waals surface area contributed by atoms with Crippen LogP contribution in [0.25, 0.3) is 16.0 Å². The molecule has 0 amide bonds. The molecule has 22 heavy (non-hydrogen) atoms. The monoisotopic (exact) mass is 329 g/mol. The number of para-hydroxylation sites is 2. The largest absolute Gasteiger partial charge is 0.256 e. The molecule has 2 aromatic heterocycles. The van der Waals surface area contributed by atoms with Crippen molar-refractivity contribution in [2.75, 3.05) is 0 Å². The normalized spacial score (nSPS) is 12.2. The molecule has 0 aliphatic carbocycles. The average Bonchev–Trinajstić information content (AvgIpc) is 3.06. The van der Waals surface area contributed by atoms with Crippen LogP contribution in [0.2, 0.25) is 0 Å². The molecule has 5 nitrogen and oxygen atoms in total. The molecule has 0 unspecified atom stereocenters. The molecule has 2 aromatic carbocycles. The number of benzene rings is 2. The molecule has 110 valence electrons. The van der Waals surface area contributed by atoms with E-state index in [4.69, 9.17) is 0 Å². The van der Waals surface area contributed by atoms with Gasteiger partial charge in [0.1, 0.15) is 0 Å². The highest BCUT2D eigenvalue weighted by atomic mass is 32.2. The summed E-state index contributed by atoms with van der Waals surface area (Å²) < 4.78 is 31.5. The van der Waals surface area contributed by atoms with Crippen LogP contribution in [0.1, 0.15) is 5.56 Å². The Morgan fingerprint density at radius 2 is 1.77 bits per heavy atom. The molecule has 0 saturated carbocycles. The predicted octanol–water partition coefficient (Wildman–Crippen LogP) is 3.09. The molecule has 0 aliphatic heterocycles. The van der Waals surface area contributed by atoms with E-state index in [0.717, 1.165) is 28.1 Å². The minimum Gasteiger partial charge on any atom is -0.256 e. The lowest BCUT2D eigenvalue weighted by Gasteiger charge is -2.03. The maximum absolute atomic E-state index is 12.9. The fourth-order valence-electron chi connectivity index (χ4n) is 2.36. The van der Waals surface area contributed by atoms with Gasteiger partial charge in [-0.3, -0.25) is 4.40 Å². The van der Waals surface area contributed by atoms with Gasteiger partial charge in [0.05, 0.1) is 15.9 Å². The first-order valence-electron chi connectivity index (χ1n) is 6.62. The van der Waals surface area contributed by atoms with Crippen molar-refractivity contribution < 1.29 is 8.42 Å². The van der Waals surface area contributed by atoms with Crippen LogP contribution in [0, 0.1) is 6.92 Å². The predicted molar refractivity (Wildman–Crippen MR) is 85.0 cm³/mol. The second kappa shape index (κ2) is 4.62. The van der Waals surface area contributed by atoms with Crippen LogP contribution in [0.4, 0.5) is 0 Å². The molecule has 7 heteroatoms. The third-order valence-electron chi connectivity index (χ3n) is 3.50. The van der Waals surface area contributed by atoms with E-state index in [9.17, 15) is 8.42 Å². The molecule has 0 spiro atoms. The van der Waals surface area contributed by atoms with Gasteiger partial charge in [0, 0.05) is 11.5 Å². The fraction of sp³-hybridized carbons (Fsp3) is 0.0667. The second-order valence-electron chi connectivity index (χ2n) is 5.00. The molecule has 2 heterocycles. The summed E-state index contributed by atoms with van der Waals surface area (Å²) in [4.78, 5) is 5.23. The lowest BCUT2D eigenvalue weighted by Crippen LogP contribution is -2.06. The minimum atomic E-state index is -3.68. The zero-order valence-electron chi connectivity index (χ0n) is 11.6. The van der Waals surface area contributed by atoms with Gasteiger partial charge >= 0.3 is 0 Å². The first-order valence-corrected chi connectivity index (χ1v) is 8.88. The third-order valence-corrected chi connectivity index (χ3v) is 5.96. The molecular weight excluding hydrogens is 318 g/mol. The zero-order chi connectivity index (χ0) is 15.3. The Morgan fingerprint density at radius 1 is 1.05 bits per heavy atom. The number of rotatable bonds is 2. The van der Waals surface area contributed by atoms with E-state index < -0.39 is 9.84 Å². The summed E-state index contributed by atoms with van der Waals surface area (Å²) in [7, 11) is -3.68. The van der Waals surface area contributed by atoms with Crippen LogP contribution in [0.15, 0.2) is 58.6 Å². The maximum Gasteiger partial charge on any atom is 0.250 e. The number of imidazole rings is 1. The van der Waals surface area contributed by atoms with Gasteiger partial charge in [-0.05, 0) is 31.2 Å². The highest BCUT2D eigenvalue weighted by Crippen LogP contribution is 2.27. The van der Waals surface area contributed by atoms with E-state index in [2.05, 4.69) is 9.36 Å².